The summed E-state index contributed by atoms with van der Waals surface area (Å²) in [5.41, 5.74) is 3.29. The Labute approximate surface area is 302 Å². The zero-order chi connectivity index (χ0) is 35.7. The molecule has 1 fully saturated rings. The summed E-state index contributed by atoms with van der Waals surface area (Å²) >= 11 is 0. The number of carbonyl (C=O) groups excluding carboxylic acids is 1. The topological polar surface area (TPSA) is 122 Å². The molecule has 0 saturated carbocycles. The minimum atomic E-state index is -0.345. The van der Waals surface area contributed by atoms with Gasteiger partial charge in [0.25, 0.3) is 0 Å². The molecule has 0 radical (unpaired) electrons. The second kappa shape index (κ2) is 16.1. The molecular weight excluding hydrogens is 656 g/mol. The number of aromatic nitrogens is 2. The van der Waals surface area contributed by atoms with E-state index < -0.39 is 0 Å². The van der Waals surface area contributed by atoms with Gasteiger partial charge in [-0.1, -0.05) is 72.8 Å². The number of amidine groups is 1. The Hall–Kier alpha value is -6.41. The van der Waals surface area contributed by atoms with Gasteiger partial charge in [0.2, 0.25) is 11.8 Å². The van der Waals surface area contributed by atoms with Gasteiger partial charge in [0.1, 0.15) is 30.6 Å². The molecule has 262 valence electrons. The van der Waals surface area contributed by atoms with Crippen LogP contribution in [0, 0.1) is 11.3 Å². The van der Waals surface area contributed by atoms with Crippen molar-refractivity contribution in [2.24, 2.45) is 4.99 Å². The molecule has 0 N–H and O–H groups in total. The minimum absolute atomic E-state index is 0.0730. The lowest BCUT2D eigenvalue weighted by Gasteiger charge is -2.30. The third-order valence-corrected chi connectivity index (χ3v) is 8.92. The number of nitriles is 1. The van der Waals surface area contributed by atoms with E-state index >= 15 is 0 Å². The first kappa shape index (κ1) is 34.1. The van der Waals surface area contributed by atoms with Crippen molar-refractivity contribution in [3.8, 4) is 35.1 Å². The zero-order valence-corrected chi connectivity index (χ0v) is 28.9. The van der Waals surface area contributed by atoms with Crippen LogP contribution < -0.4 is 14.2 Å². The van der Waals surface area contributed by atoms with Crippen LogP contribution in [-0.4, -0.2) is 64.9 Å². The maximum atomic E-state index is 12.9. The molecule has 52 heavy (non-hydrogen) atoms. The van der Waals surface area contributed by atoms with Gasteiger partial charge >= 0.3 is 6.09 Å². The highest BCUT2D eigenvalue weighted by atomic mass is 16.6. The van der Waals surface area contributed by atoms with Crippen LogP contribution in [0.25, 0.3) is 0 Å². The first-order valence-corrected chi connectivity index (χ1v) is 17.3. The van der Waals surface area contributed by atoms with Gasteiger partial charge in [-0.3, -0.25) is 4.99 Å². The SMILES string of the molecule is CN1CCN=C1c1cccc(Oc2cc(Oc3cc(C#N)ccc3OCc3ccccc3)nc(C3CCN(C(=O)OCc4ccccc4)CC3)n2)c1. The maximum Gasteiger partial charge on any atom is 0.410 e. The third kappa shape index (κ3) is 8.47. The first-order chi connectivity index (χ1) is 25.5. The fourth-order valence-corrected chi connectivity index (χ4v) is 6.13. The molecule has 2 aliphatic rings. The van der Waals surface area contributed by atoms with Gasteiger partial charge in [0, 0.05) is 44.2 Å². The van der Waals surface area contributed by atoms with Crippen LogP contribution in [0.5, 0.6) is 29.0 Å². The smallest absolute Gasteiger partial charge is 0.410 e. The molecule has 1 amide bonds. The lowest BCUT2D eigenvalue weighted by atomic mass is 9.96. The summed E-state index contributed by atoms with van der Waals surface area (Å²) in [7, 11) is 2.02. The average molecular weight is 695 g/mol. The summed E-state index contributed by atoms with van der Waals surface area (Å²) in [6, 6.07) is 36.0. The highest BCUT2D eigenvalue weighted by Gasteiger charge is 2.28. The van der Waals surface area contributed by atoms with E-state index in [0.717, 1.165) is 35.6 Å². The third-order valence-electron chi connectivity index (χ3n) is 8.92. The molecule has 4 aromatic carbocycles. The number of aliphatic imine (C=N–C) groups is 1. The van der Waals surface area contributed by atoms with Crippen LogP contribution in [0.4, 0.5) is 4.79 Å². The van der Waals surface area contributed by atoms with Crippen LogP contribution >= 0.6 is 0 Å². The van der Waals surface area contributed by atoms with Crippen molar-refractivity contribution in [2.45, 2.75) is 32.0 Å². The van der Waals surface area contributed by atoms with Gasteiger partial charge in [-0.25, -0.2) is 4.79 Å². The van der Waals surface area contributed by atoms with Crippen LogP contribution in [0.15, 0.2) is 114 Å². The number of nitrogens with zero attached hydrogens (tertiary/aromatic N) is 6. The average Bonchev–Trinajstić information content (AvgIpc) is 3.63. The predicted octanol–water partition coefficient (Wildman–Crippen LogP) is 7.72. The van der Waals surface area contributed by atoms with Crippen LogP contribution in [0.3, 0.4) is 0 Å². The van der Waals surface area contributed by atoms with Crippen molar-refractivity contribution in [1.29, 1.82) is 5.26 Å². The van der Waals surface area contributed by atoms with Gasteiger partial charge < -0.3 is 28.7 Å². The number of carbonyl (C=O) groups is 1. The maximum absolute atomic E-state index is 12.9. The van der Waals surface area contributed by atoms with Gasteiger partial charge in [-0.15, -0.1) is 0 Å². The van der Waals surface area contributed by atoms with Crippen molar-refractivity contribution in [2.75, 3.05) is 33.2 Å². The van der Waals surface area contributed by atoms with Crippen molar-refractivity contribution < 1.29 is 23.7 Å². The number of piperidine rings is 1. The Morgan fingerprint density at radius 3 is 2.19 bits per heavy atom. The van der Waals surface area contributed by atoms with Gasteiger partial charge in [-0.2, -0.15) is 15.2 Å². The van der Waals surface area contributed by atoms with Gasteiger partial charge in [0.05, 0.1) is 24.2 Å². The van der Waals surface area contributed by atoms with Crippen molar-refractivity contribution in [3.05, 3.63) is 137 Å². The highest BCUT2D eigenvalue weighted by molar-refractivity contribution is 5.99. The Morgan fingerprint density at radius 1 is 0.788 bits per heavy atom. The number of hydrogen-bond donors (Lipinski definition) is 0. The molecule has 5 aromatic rings. The molecule has 7 rings (SSSR count). The predicted molar refractivity (Wildman–Crippen MR) is 195 cm³/mol. The summed E-state index contributed by atoms with van der Waals surface area (Å²) in [6.07, 6.45) is 0.905. The molecule has 1 saturated heterocycles. The summed E-state index contributed by atoms with van der Waals surface area (Å²) in [5, 5.41) is 9.68. The van der Waals surface area contributed by atoms with E-state index in [9.17, 15) is 10.1 Å². The second-order valence-corrected chi connectivity index (χ2v) is 12.6. The Balaban J connectivity index is 1.13. The van der Waals surface area contributed by atoms with Crippen LogP contribution in [0.1, 0.15) is 46.8 Å². The van der Waals surface area contributed by atoms with Gasteiger partial charge in [0.15, 0.2) is 11.5 Å². The summed E-state index contributed by atoms with van der Waals surface area (Å²) < 4.78 is 24.5. The molecule has 11 nitrogen and oxygen atoms in total. The van der Waals surface area contributed by atoms with Crippen LogP contribution in [0.2, 0.25) is 0 Å². The molecule has 11 heteroatoms. The number of hydrogen-bond acceptors (Lipinski definition) is 10. The molecule has 1 aromatic heterocycles. The summed E-state index contributed by atoms with van der Waals surface area (Å²) in [4.78, 5) is 31.0. The number of ether oxygens (including phenoxy) is 4. The van der Waals surface area contributed by atoms with E-state index in [2.05, 4.69) is 16.0 Å². The zero-order valence-electron chi connectivity index (χ0n) is 28.9. The van der Waals surface area contributed by atoms with Gasteiger partial charge in [-0.05, 0) is 48.2 Å². The van der Waals surface area contributed by atoms with Crippen molar-refractivity contribution >= 4 is 11.9 Å². The summed E-state index contributed by atoms with van der Waals surface area (Å²) in [6.45, 7) is 3.13. The normalized spacial score (nSPS) is 14.3. The number of likely N-dealkylation sites (tertiary alicyclic amines) is 1. The number of rotatable bonds is 11. The molecule has 0 spiro atoms. The van der Waals surface area contributed by atoms with Crippen molar-refractivity contribution in [1.82, 2.24) is 19.8 Å². The minimum Gasteiger partial charge on any atom is -0.485 e. The molecule has 0 bridgehead atoms. The second-order valence-electron chi connectivity index (χ2n) is 12.6. The largest absolute Gasteiger partial charge is 0.485 e. The number of amides is 1. The van der Waals surface area contributed by atoms with E-state index in [0.29, 0.717) is 67.1 Å². The fraction of sp³-hybridized carbons (Fsp3) is 0.244. The number of likely N-dealkylation sites (N-methyl/N-ethyl adjacent to an activating group) is 1. The summed E-state index contributed by atoms with van der Waals surface area (Å²) in [5.74, 6) is 3.29. The lowest BCUT2D eigenvalue weighted by Crippen LogP contribution is -2.38. The van der Waals surface area contributed by atoms with Crippen molar-refractivity contribution in [3.63, 3.8) is 0 Å². The monoisotopic (exact) mass is 694 g/mol. The Morgan fingerprint density at radius 2 is 1.50 bits per heavy atom. The number of benzene rings is 4. The standard InChI is InChI=1S/C41H38N6O5/c1-46-22-19-43-40(46)33-13-8-14-34(24-33)51-37-25-38(52-36-23-31(26-42)15-16-35(36)49-27-29-9-4-2-5-10-29)45-39(44-37)32-17-20-47(21-18-32)41(48)50-28-30-11-6-3-7-12-30/h2-16,23-25,32H,17-22,27-28H2,1H3. The molecule has 0 atom stereocenters. The molecule has 0 aliphatic carbocycles. The molecular formula is C41H38N6O5. The molecule has 2 aliphatic heterocycles. The molecule has 3 heterocycles. The van der Waals surface area contributed by atoms with E-state index in [1.165, 1.54) is 0 Å². The Bertz CT molecular complexity index is 2080. The van der Waals surface area contributed by atoms with E-state index in [1.807, 2.05) is 92.0 Å². The van der Waals surface area contributed by atoms with E-state index in [-0.39, 0.29) is 24.5 Å². The molecule has 0 unspecified atom stereocenters. The first-order valence-electron chi connectivity index (χ1n) is 17.3. The van der Waals surface area contributed by atoms with E-state index in [1.54, 1.807) is 29.2 Å². The van der Waals surface area contributed by atoms with Crippen LogP contribution in [-0.2, 0) is 18.0 Å². The Kier molecular flexibility index (Phi) is 10.5. The van der Waals surface area contributed by atoms with E-state index in [4.69, 9.17) is 28.9 Å². The fourth-order valence-electron chi connectivity index (χ4n) is 6.13. The lowest BCUT2D eigenvalue weighted by molar-refractivity contribution is 0.0865. The quantitative estimate of drug-likeness (QED) is 0.137. The highest BCUT2D eigenvalue weighted by Crippen LogP contribution is 2.36.